The van der Waals surface area contributed by atoms with Crippen LogP contribution in [0.1, 0.15) is 5.56 Å². The first-order chi connectivity index (χ1) is 5.82. The summed E-state index contributed by atoms with van der Waals surface area (Å²) in [6, 6.07) is 2.18. The molecule has 13 heavy (non-hydrogen) atoms. The summed E-state index contributed by atoms with van der Waals surface area (Å²) in [7, 11) is 0. The Kier molecular flexibility index (Phi) is 3.59. The summed E-state index contributed by atoms with van der Waals surface area (Å²) in [5, 5.41) is 0. The Labute approximate surface area is 99.4 Å². The summed E-state index contributed by atoms with van der Waals surface area (Å²) >= 11 is 7.40. The third kappa shape index (κ3) is 2.78. The van der Waals surface area contributed by atoms with Crippen molar-refractivity contribution in [3.63, 3.8) is 0 Å². The van der Waals surface area contributed by atoms with Crippen molar-refractivity contribution < 1.29 is 13.2 Å². The normalized spacial score (nSPS) is 11.8. The van der Waals surface area contributed by atoms with E-state index in [0.29, 0.717) is 8.82 Å². The number of halogens is 4. The quantitative estimate of drug-likeness (QED) is 0.597. The first-order valence-electron chi connectivity index (χ1n) is 3.11. The number of rotatable bonds is 0. The van der Waals surface area contributed by atoms with Gasteiger partial charge in [0.05, 0.1) is 0 Å². The SMILES string of the molecule is FC(F)(F)c1cc([As])c([As])c(Br)c1. The molecule has 0 bridgehead atoms. The van der Waals surface area contributed by atoms with E-state index in [1.54, 1.807) is 0 Å². The molecule has 0 fully saturated rings. The van der Waals surface area contributed by atoms with Crippen molar-refractivity contribution >= 4 is 58.3 Å². The fraction of sp³-hybridized carbons (Fsp3) is 0.143. The van der Waals surface area contributed by atoms with Gasteiger partial charge in [0.1, 0.15) is 0 Å². The molecule has 0 N–H and O–H groups in total. The van der Waals surface area contributed by atoms with Gasteiger partial charge in [0.2, 0.25) is 0 Å². The fourth-order valence-electron chi connectivity index (χ4n) is 0.748. The Morgan fingerprint density at radius 2 is 1.69 bits per heavy atom. The van der Waals surface area contributed by atoms with E-state index in [4.69, 9.17) is 0 Å². The second kappa shape index (κ2) is 4.00. The topological polar surface area (TPSA) is 0 Å². The zero-order valence-electron chi connectivity index (χ0n) is 6.06. The van der Waals surface area contributed by atoms with Gasteiger partial charge >= 0.3 is 99.9 Å². The average Bonchev–Trinajstić information content (AvgIpc) is 1.97. The van der Waals surface area contributed by atoms with Gasteiger partial charge < -0.3 is 0 Å². The molecule has 0 aliphatic rings. The summed E-state index contributed by atoms with van der Waals surface area (Å²) in [6.07, 6.45) is -4.28. The summed E-state index contributed by atoms with van der Waals surface area (Å²) < 4.78 is 38.5. The van der Waals surface area contributed by atoms with Crippen LogP contribution in [0.2, 0.25) is 0 Å². The van der Waals surface area contributed by atoms with E-state index in [1.807, 2.05) is 0 Å². The summed E-state index contributed by atoms with van der Waals surface area (Å²) in [4.78, 5) is 0. The Bertz CT molecular complexity index is 312. The van der Waals surface area contributed by atoms with Crippen LogP contribution in [0.3, 0.4) is 0 Å². The van der Waals surface area contributed by atoms with Crippen molar-refractivity contribution in [3.8, 4) is 0 Å². The first kappa shape index (κ1) is 11.7. The molecule has 4 radical (unpaired) electrons. The minimum atomic E-state index is -4.28. The molecule has 0 nitrogen and oxygen atoms in total. The number of hydrogen-bond donors (Lipinski definition) is 0. The van der Waals surface area contributed by atoms with E-state index in [0.717, 1.165) is 16.5 Å². The first-order valence-corrected chi connectivity index (χ1v) is 5.78. The number of alkyl halides is 3. The van der Waals surface area contributed by atoms with Crippen molar-refractivity contribution in [3.05, 3.63) is 22.2 Å². The zero-order valence-corrected chi connectivity index (χ0v) is 11.4. The van der Waals surface area contributed by atoms with Gasteiger partial charge in [0.15, 0.2) is 0 Å². The maximum absolute atomic E-state index is 12.2. The van der Waals surface area contributed by atoms with E-state index < -0.39 is 11.7 Å². The van der Waals surface area contributed by atoms with Crippen LogP contribution < -0.4 is 8.70 Å². The third-order valence-electron chi connectivity index (χ3n) is 1.37. The average molecular weight is 373 g/mol. The van der Waals surface area contributed by atoms with Crippen molar-refractivity contribution in [1.82, 2.24) is 0 Å². The molecule has 68 valence electrons. The van der Waals surface area contributed by atoms with Crippen LogP contribution in [-0.4, -0.2) is 33.7 Å². The second-order valence-electron chi connectivity index (χ2n) is 2.32. The molecule has 0 saturated heterocycles. The standard InChI is InChI=1S/C7H2As2BrF3/c8-4-1-3(7(11,12)13)2-5(10)6(4)9/h1-2H. The van der Waals surface area contributed by atoms with Gasteiger partial charge in [-0.25, -0.2) is 0 Å². The minimum absolute atomic E-state index is 0.456. The predicted octanol–water partition coefficient (Wildman–Crippen LogP) is 1.06. The molecule has 0 aromatic heterocycles. The van der Waals surface area contributed by atoms with E-state index >= 15 is 0 Å². The molecule has 0 atom stereocenters. The molecule has 0 aliphatic carbocycles. The monoisotopic (exact) mass is 372 g/mol. The zero-order chi connectivity index (χ0) is 10.2. The molecule has 6 heteroatoms. The Balaban J connectivity index is 3.29. The van der Waals surface area contributed by atoms with Gasteiger partial charge in [-0.1, -0.05) is 0 Å². The van der Waals surface area contributed by atoms with Gasteiger partial charge in [-0.2, -0.15) is 0 Å². The Morgan fingerprint density at radius 1 is 1.15 bits per heavy atom. The summed E-state index contributed by atoms with van der Waals surface area (Å²) in [5.41, 5.74) is -0.634. The van der Waals surface area contributed by atoms with Crippen molar-refractivity contribution in [2.75, 3.05) is 0 Å². The van der Waals surface area contributed by atoms with Crippen molar-refractivity contribution in [2.45, 2.75) is 6.18 Å². The van der Waals surface area contributed by atoms with Crippen molar-refractivity contribution in [2.24, 2.45) is 0 Å². The maximum atomic E-state index is 12.2. The van der Waals surface area contributed by atoms with Crippen LogP contribution in [0.4, 0.5) is 13.2 Å². The predicted molar refractivity (Wildman–Crippen MR) is 49.9 cm³/mol. The van der Waals surface area contributed by atoms with Gasteiger partial charge in [0, 0.05) is 0 Å². The van der Waals surface area contributed by atoms with Crippen LogP contribution in [0.5, 0.6) is 0 Å². The van der Waals surface area contributed by atoms with E-state index in [9.17, 15) is 13.2 Å². The van der Waals surface area contributed by atoms with E-state index in [1.165, 1.54) is 0 Å². The Hall–Kier alpha value is 0.607. The molecule has 1 aromatic rings. The van der Waals surface area contributed by atoms with Crippen molar-refractivity contribution in [1.29, 1.82) is 0 Å². The molecule has 0 aliphatic heterocycles. The van der Waals surface area contributed by atoms with Gasteiger partial charge in [-0.15, -0.1) is 0 Å². The number of hydrogen-bond acceptors (Lipinski definition) is 0. The van der Waals surface area contributed by atoms with Crippen LogP contribution in [0.25, 0.3) is 0 Å². The van der Waals surface area contributed by atoms with Crippen LogP contribution >= 0.6 is 15.9 Å². The second-order valence-corrected chi connectivity index (χ2v) is 5.13. The molecular weight excluding hydrogens is 371 g/mol. The molecule has 0 unspecified atom stereocenters. The molecule has 0 heterocycles. The van der Waals surface area contributed by atoms with E-state index in [-0.39, 0.29) is 0 Å². The molecule has 0 saturated carbocycles. The molecule has 0 spiro atoms. The third-order valence-corrected chi connectivity index (χ3v) is 5.24. The van der Waals surface area contributed by atoms with E-state index in [2.05, 4.69) is 49.6 Å². The summed E-state index contributed by atoms with van der Waals surface area (Å²) in [5.74, 6) is 0. The number of benzene rings is 1. The van der Waals surface area contributed by atoms with Crippen LogP contribution in [0.15, 0.2) is 16.6 Å². The van der Waals surface area contributed by atoms with Gasteiger partial charge in [-0.3, -0.25) is 0 Å². The fourth-order valence-corrected chi connectivity index (χ4v) is 2.36. The molecule has 0 amide bonds. The Morgan fingerprint density at radius 3 is 2.08 bits per heavy atom. The van der Waals surface area contributed by atoms with Gasteiger partial charge in [0.25, 0.3) is 0 Å². The van der Waals surface area contributed by atoms with Crippen LogP contribution in [-0.2, 0) is 6.18 Å². The molecular formula is C7H2As2BrF3. The molecule has 1 rings (SSSR count). The van der Waals surface area contributed by atoms with Gasteiger partial charge in [-0.05, 0) is 0 Å². The summed E-state index contributed by atoms with van der Waals surface area (Å²) in [6.45, 7) is 0. The molecule has 1 aromatic carbocycles. The van der Waals surface area contributed by atoms with Crippen LogP contribution in [0, 0.1) is 0 Å².